The Bertz CT molecular complexity index is 858. The molecule has 6 heteroatoms. The maximum Gasteiger partial charge on any atom is 0.326 e. The zero-order chi connectivity index (χ0) is 20.7. The zero-order valence-electron chi connectivity index (χ0n) is 16.6. The molecule has 0 aromatic heterocycles. The van der Waals surface area contributed by atoms with Gasteiger partial charge in [-0.1, -0.05) is 12.1 Å². The van der Waals surface area contributed by atoms with Gasteiger partial charge in [0.05, 0.1) is 6.61 Å². The van der Waals surface area contributed by atoms with Gasteiger partial charge in [0.25, 0.3) is 5.91 Å². The molecule has 0 bridgehead atoms. The van der Waals surface area contributed by atoms with Crippen LogP contribution >= 0.6 is 0 Å². The van der Waals surface area contributed by atoms with E-state index in [-0.39, 0.29) is 12.3 Å². The van der Waals surface area contributed by atoms with Crippen molar-refractivity contribution >= 4 is 17.7 Å². The number of hydrogen-bond donors (Lipinski definition) is 1. The summed E-state index contributed by atoms with van der Waals surface area (Å²) in [5, 5.41) is 2.49. The lowest BCUT2D eigenvalue weighted by Crippen LogP contribution is -2.34. The Kier molecular flexibility index (Phi) is 7.32. The van der Waals surface area contributed by atoms with Crippen LogP contribution in [0, 0.1) is 13.8 Å². The first-order valence-corrected chi connectivity index (χ1v) is 9.13. The van der Waals surface area contributed by atoms with Crippen LogP contribution in [0.1, 0.15) is 45.7 Å². The molecule has 1 atom stereocenters. The average Bonchev–Trinajstić information content (AvgIpc) is 2.68. The van der Waals surface area contributed by atoms with E-state index in [4.69, 9.17) is 9.47 Å². The van der Waals surface area contributed by atoms with E-state index in [1.54, 1.807) is 36.4 Å². The molecule has 0 aliphatic heterocycles. The number of rotatable bonds is 8. The minimum Gasteiger partial charge on any atom is -0.494 e. The Hall–Kier alpha value is -3.15. The third-order valence-electron chi connectivity index (χ3n) is 4.29. The molecule has 0 heterocycles. The first-order valence-electron chi connectivity index (χ1n) is 9.13. The van der Waals surface area contributed by atoms with Crippen LogP contribution in [-0.2, 0) is 9.53 Å². The topological polar surface area (TPSA) is 81.7 Å². The molecule has 0 fully saturated rings. The molecule has 6 nitrogen and oxygen atoms in total. The Morgan fingerprint density at radius 3 is 2.21 bits per heavy atom. The molecule has 1 N–H and O–H groups in total. The summed E-state index contributed by atoms with van der Waals surface area (Å²) in [6.45, 7) is 7.48. The van der Waals surface area contributed by atoms with E-state index < -0.39 is 18.0 Å². The van der Waals surface area contributed by atoms with Gasteiger partial charge in [-0.15, -0.1) is 0 Å². The fraction of sp³-hybridized carbons (Fsp3) is 0.318. The highest BCUT2D eigenvalue weighted by Crippen LogP contribution is 2.13. The van der Waals surface area contributed by atoms with Crippen LogP contribution in [0.4, 0.5) is 0 Å². The summed E-state index contributed by atoms with van der Waals surface area (Å²) in [5.41, 5.74) is 2.96. The van der Waals surface area contributed by atoms with Crippen LogP contribution < -0.4 is 10.1 Å². The highest BCUT2D eigenvalue weighted by molar-refractivity contribution is 6.01. The van der Waals surface area contributed by atoms with Gasteiger partial charge in [0.1, 0.15) is 12.3 Å². The molecular formula is C22H25NO5. The van der Waals surface area contributed by atoms with Crippen molar-refractivity contribution in [3.8, 4) is 5.75 Å². The van der Waals surface area contributed by atoms with Crippen molar-refractivity contribution in [1.29, 1.82) is 0 Å². The number of esters is 1. The van der Waals surface area contributed by atoms with Crippen molar-refractivity contribution in [2.75, 3.05) is 13.2 Å². The van der Waals surface area contributed by atoms with Crippen LogP contribution in [0.15, 0.2) is 42.5 Å². The molecule has 0 unspecified atom stereocenters. The number of carbonyl (C=O) groups excluding carboxylic acids is 3. The first kappa shape index (κ1) is 21.2. The van der Waals surface area contributed by atoms with Crippen LogP contribution in [0.25, 0.3) is 0 Å². The Balaban J connectivity index is 1.86. The van der Waals surface area contributed by atoms with E-state index in [0.29, 0.717) is 23.5 Å². The van der Waals surface area contributed by atoms with E-state index >= 15 is 0 Å². The number of hydrogen-bond acceptors (Lipinski definition) is 5. The summed E-state index contributed by atoms with van der Waals surface area (Å²) in [6, 6.07) is 11.9. The Labute approximate surface area is 164 Å². The second-order valence-corrected chi connectivity index (χ2v) is 6.44. The van der Waals surface area contributed by atoms with Crippen LogP contribution in [0.5, 0.6) is 5.75 Å². The highest BCUT2D eigenvalue weighted by atomic mass is 16.5. The average molecular weight is 383 g/mol. The SMILES string of the molecule is CCOc1ccc(C(=O)NCC(=O)O[C@H](C)C(=O)c2ccc(C)c(C)c2)cc1. The molecule has 148 valence electrons. The van der Waals surface area contributed by atoms with Gasteiger partial charge >= 0.3 is 5.97 Å². The summed E-state index contributed by atoms with van der Waals surface area (Å²) < 4.78 is 10.5. The fourth-order valence-corrected chi connectivity index (χ4v) is 2.55. The summed E-state index contributed by atoms with van der Waals surface area (Å²) in [6.07, 6.45) is -0.933. The number of benzene rings is 2. The summed E-state index contributed by atoms with van der Waals surface area (Å²) >= 11 is 0. The standard InChI is InChI=1S/C22H25NO5/c1-5-27-19-10-8-17(9-11-19)22(26)23-13-20(24)28-16(4)21(25)18-7-6-14(2)15(3)12-18/h6-12,16H,5,13H2,1-4H3,(H,23,26)/t16-/m1/s1. The molecule has 0 saturated heterocycles. The summed E-state index contributed by atoms with van der Waals surface area (Å²) in [4.78, 5) is 36.5. The lowest BCUT2D eigenvalue weighted by molar-refractivity contribution is -0.145. The molecule has 1 amide bonds. The van der Waals surface area contributed by atoms with Crippen molar-refractivity contribution in [2.45, 2.75) is 33.8 Å². The molecule has 28 heavy (non-hydrogen) atoms. The molecule has 0 aliphatic carbocycles. The smallest absolute Gasteiger partial charge is 0.326 e. The Morgan fingerprint density at radius 1 is 0.964 bits per heavy atom. The van der Waals surface area contributed by atoms with Gasteiger partial charge in [0.15, 0.2) is 6.10 Å². The largest absolute Gasteiger partial charge is 0.494 e. The van der Waals surface area contributed by atoms with Crippen molar-refractivity contribution in [2.24, 2.45) is 0 Å². The maximum absolute atomic E-state index is 12.4. The van der Waals surface area contributed by atoms with Crippen molar-refractivity contribution < 1.29 is 23.9 Å². The lowest BCUT2D eigenvalue weighted by atomic mass is 10.0. The Morgan fingerprint density at radius 2 is 1.61 bits per heavy atom. The van der Waals surface area contributed by atoms with Gasteiger partial charge in [-0.3, -0.25) is 14.4 Å². The molecule has 0 saturated carbocycles. The minimum absolute atomic E-state index is 0.283. The molecular weight excluding hydrogens is 358 g/mol. The zero-order valence-corrected chi connectivity index (χ0v) is 16.6. The van der Waals surface area contributed by atoms with Crippen LogP contribution in [0.2, 0.25) is 0 Å². The number of aryl methyl sites for hydroxylation is 2. The predicted molar refractivity (Wildman–Crippen MR) is 106 cm³/mol. The summed E-state index contributed by atoms with van der Waals surface area (Å²) in [7, 11) is 0. The monoisotopic (exact) mass is 383 g/mol. The van der Waals surface area contributed by atoms with Gasteiger partial charge in [0.2, 0.25) is 5.78 Å². The maximum atomic E-state index is 12.4. The molecule has 0 aliphatic rings. The lowest BCUT2D eigenvalue weighted by Gasteiger charge is -2.13. The third kappa shape index (κ3) is 5.67. The van der Waals surface area contributed by atoms with Crippen LogP contribution in [-0.4, -0.2) is 36.9 Å². The van der Waals surface area contributed by atoms with Gasteiger partial charge < -0.3 is 14.8 Å². The molecule has 0 radical (unpaired) electrons. The van der Waals surface area contributed by atoms with Gasteiger partial charge in [-0.05, 0) is 69.2 Å². The second kappa shape index (κ2) is 9.69. The second-order valence-electron chi connectivity index (χ2n) is 6.44. The molecule has 0 spiro atoms. The normalized spacial score (nSPS) is 11.4. The fourth-order valence-electron chi connectivity index (χ4n) is 2.55. The summed E-state index contributed by atoms with van der Waals surface area (Å²) in [5.74, 6) is -0.705. The van der Waals surface area contributed by atoms with Crippen molar-refractivity contribution in [1.82, 2.24) is 5.32 Å². The number of ether oxygens (including phenoxy) is 2. The van der Waals surface area contributed by atoms with Crippen molar-refractivity contribution in [3.05, 3.63) is 64.7 Å². The highest BCUT2D eigenvalue weighted by Gasteiger charge is 2.20. The van der Waals surface area contributed by atoms with E-state index in [1.807, 2.05) is 26.8 Å². The number of carbonyl (C=O) groups is 3. The number of amides is 1. The minimum atomic E-state index is -0.933. The van der Waals surface area contributed by atoms with Crippen LogP contribution in [0.3, 0.4) is 0 Å². The molecule has 2 aromatic carbocycles. The van der Waals surface area contributed by atoms with Gasteiger partial charge in [0, 0.05) is 11.1 Å². The van der Waals surface area contributed by atoms with Crippen molar-refractivity contribution in [3.63, 3.8) is 0 Å². The first-order chi connectivity index (χ1) is 13.3. The molecule has 2 aromatic rings. The number of Topliss-reactive ketones (excluding diaryl/α,β-unsaturated/α-hetero) is 1. The predicted octanol–water partition coefficient (Wildman–Crippen LogP) is 3.25. The van der Waals surface area contributed by atoms with Gasteiger partial charge in [-0.2, -0.15) is 0 Å². The van der Waals surface area contributed by atoms with E-state index in [0.717, 1.165) is 11.1 Å². The van der Waals surface area contributed by atoms with E-state index in [9.17, 15) is 14.4 Å². The number of ketones is 1. The number of nitrogens with one attached hydrogen (secondary N) is 1. The molecule has 2 rings (SSSR count). The van der Waals surface area contributed by atoms with E-state index in [1.165, 1.54) is 6.92 Å². The third-order valence-corrected chi connectivity index (χ3v) is 4.29. The quantitative estimate of drug-likeness (QED) is 0.559. The van der Waals surface area contributed by atoms with Gasteiger partial charge in [-0.25, -0.2) is 0 Å². The van der Waals surface area contributed by atoms with E-state index in [2.05, 4.69) is 5.32 Å².